The molecule has 0 rings (SSSR count). The van der Waals surface area contributed by atoms with E-state index < -0.39 is 12.0 Å². The number of urea groups is 1. The predicted molar refractivity (Wildman–Crippen MR) is 74.1 cm³/mol. The maximum atomic E-state index is 11.8. The van der Waals surface area contributed by atoms with Gasteiger partial charge < -0.3 is 20.2 Å². The first kappa shape index (κ1) is 17.1. The minimum Gasteiger partial charge on any atom is -0.480 e. The Labute approximate surface area is 113 Å². The average molecular weight is 277 g/mol. The Morgan fingerprint density at radius 2 is 1.89 bits per heavy atom. The van der Waals surface area contributed by atoms with E-state index in [0.717, 1.165) is 6.54 Å². The highest BCUT2D eigenvalue weighted by Gasteiger charge is 2.21. The Morgan fingerprint density at radius 1 is 1.28 bits per heavy atom. The number of nitrogens with zero attached hydrogens (tertiary/aromatic N) is 2. The lowest BCUT2D eigenvalue weighted by atomic mass is 10.2. The van der Waals surface area contributed by atoms with Crippen molar-refractivity contribution in [2.45, 2.75) is 12.5 Å². The third-order valence-corrected chi connectivity index (χ3v) is 3.08. The van der Waals surface area contributed by atoms with Crippen LogP contribution in [0.3, 0.4) is 0 Å². The molecule has 0 aliphatic carbocycles. The number of nitrogens with one attached hydrogen (secondary N) is 1. The second kappa shape index (κ2) is 9.04. The summed E-state index contributed by atoms with van der Waals surface area (Å²) in [6.45, 7) is 1.31. The number of carbonyl (C=O) groups is 2. The quantitative estimate of drug-likeness (QED) is 0.672. The summed E-state index contributed by atoms with van der Waals surface area (Å²) in [6, 6.07) is -1.16. The van der Waals surface area contributed by atoms with E-state index in [1.165, 1.54) is 4.90 Å². The molecule has 0 saturated heterocycles. The fraction of sp³-hybridized carbons (Fsp3) is 0.818. The van der Waals surface area contributed by atoms with Crippen molar-refractivity contribution >= 4 is 23.8 Å². The highest BCUT2D eigenvalue weighted by molar-refractivity contribution is 7.98. The molecule has 0 aromatic carbocycles. The van der Waals surface area contributed by atoms with Crippen molar-refractivity contribution in [2.75, 3.05) is 46.2 Å². The molecule has 0 fully saturated rings. The van der Waals surface area contributed by atoms with Crippen LogP contribution in [0.25, 0.3) is 0 Å². The Hall–Kier alpha value is -0.950. The van der Waals surface area contributed by atoms with Crippen molar-refractivity contribution in [1.29, 1.82) is 0 Å². The van der Waals surface area contributed by atoms with Crippen LogP contribution in [0.1, 0.15) is 6.42 Å². The monoisotopic (exact) mass is 277 g/mol. The lowest BCUT2D eigenvalue weighted by molar-refractivity contribution is -0.139. The molecule has 18 heavy (non-hydrogen) atoms. The number of carboxylic acids is 1. The number of thioether (sulfide) groups is 1. The summed E-state index contributed by atoms with van der Waals surface area (Å²) in [5, 5.41) is 11.5. The molecule has 7 heteroatoms. The van der Waals surface area contributed by atoms with Crippen LogP contribution in [0, 0.1) is 0 Å². The highest BCUT2D eigenvalue weighted by Crippen LogP contribution is 2.01. The summed E-state index contributed by atoms with van der Waals surface area (Å²) in [4.78, 5) is 26.2. The first-order valence-corrected chi connectivity index (χ1v) is 7.16. The Kier molecular flexibility index (Phi) is 8.57. The number of amides is 2. The van der Waals surface area contributed by atoms with E-state index >= 15 is 0 Å². The van der Waals surface area contributed by atoms with Crippen LogP contribution in [0.4, 0.5) is 4.79 Å². The molecule has 6 nitrogen and oxygen atoms in total. The molecular formula is C11H23N3O3S. The van der Waals surface area contributed by atoms with Crippen molar-refractivity contribution < 1.29 is 14.7 Å². The molecule has 0 aromatic rings. The molecule has 0 saturated carbocycles. The summed E-state index contributed by atoms with van der Waals surface area (Å²) in [7, 11) is 5.50. The molecule has 0 heterocycles. The molecule has 106 valence electrons. The van der Waals surface area contributed by atoms with Crippen molar-refractivity contribution in [3.8, 4) is 0 Å². The summed E-state index contributed by atoms with van der Waals surface area (Å²) < 4.78 is 0. The molecule has 0 bridgehead atoms. The van der Waals surface area contributed by atoms with Gasteiger partial charge in [-0.1, -0.05) is 0 Å². The van der Waals surface area contributed by atoms with Gasteiger partial charge in [0.2, 0.25) is 0 Å². The van der Waals surface area contributed by atoms with Gasteiger partial charge in [-0.05, 0) is 32.5 Å². The van der Waals surface area contributed by atoms with E-state index in [9.17, 15) is 9.59 Å². The third-order valence-electron chi connectivity index (χ3n) is 2.44. The number of carboxylic acid groups (broad SMARTS) is 1. The standard InChI is InChI=1S/C11H23N3O3S/c1-13(2)6-7-14(3)11(17)12-9(10(15)16)5-8-18-4/h9H,5-8H2,1-4H3,(H,12,17)(H,15,16). The fourth-order valence-corrected chi connectivity index (χ4v) is 1.68. The van der Waals surface area contributed by atoms with Crippen molar-refractivity contribution in [1.82, 2.24) is 15.1 Å². The minimum atomic E-state index is -0.988. The van der Waals surface area contributed by atoms with Gasteiger partial charge in [0.25, 0.3) is 0 Å². The molecule has 0 aliphatic heterocycles. The van der Waals surface area contributed by atoms with Gasteiger partial charge in [0.05, 0.1) is 0 Å². The van der Waals surface area contributed by atoms with E-state index in [0.29, 0.717) is 18.7 Å². The topological polar surface area (TPSA) is 72.9 Å². The number of hydrogen-bond acceptors (Lipinski definition) is 4. The van der Waals surface area contributed by atoms with Crippen molar-refractivity contribution in [3.63, 3.8) is 0 Å². The normalized spacial score (nSPS) is 12.3. The number of aliphatic carboxylic acids is 1. The second-order valence-electron chi connectivity index (χ2n) is 4.35. The fourth-order valence-electron chi connectivity index (χ4n) is 1.20. The van der Waals surface area contributed by atoms with E-state index in [4.69, 9.17) is 5.11 Å². The van der Waals surface area contributed by atoms with E-state index in [1.807, 2.05) is 25.3 Å². The zero-order chi connectivity index (χ0) is 14.1. The van der Waals surface area contributed by atoms with Crippen LogP contribution < -0.4 is 5.32 Å². The van der Waals surface area contributed by atoms with Crippen molar-refractivity contribution in [2.24, 2.45) is 0 Å². The molecule has 1 unspecified atom stereocenters. The zero-order valence-electron chi connectivity index (χ0n) is 11.5. The number of rotatable bonds is 8. The van der Waals surface area contributed by atoms with Crippen molar-refractivity contribution in [3.05, 3.63) is 0 Å². The second-order valence-corrected chi connectivity index (χ2v) is 5.33. The van der Waals surface area contributed by atoms with Crippen LogP contribution >= 0.6 is 11.8 Å². The van der Waals surface area contributed by atoms with Crippen LogP contribution in [0.15, 0.2) is 0 Å². The number of hydrogen-bond donors (Lipinski definition) is 2. The third kappa shape index (κ3) is 7.39. The van der Waals surface area contributed by atoms with E-state index in [1.54, 1.807) is 18.8 Å². The van der Waals surface area contributed by atoms with Gasteiger partial charge in [-0.2, -0.15) is 11.8 Å². The van der Waals surface area contributed by atoms with Gasteiger partial charge in [-0.25, -0.2) is 9.59 Å². The zero-order valence-corrected chi connectivity index (χ0v) is 12.3. The van der Waals surface area contributed by atoms with E-state index in [-0.39, 0.29) is 6.03 Å². The maximum absolute atomic E-state index is 11.8. The van der Waals surface area contributed by atoms with Gasteiger partial charge in [0, 0.05) is 20.1 Å². The predicted octanol–water partition coefficient (Wildman–Crippen LogP) is 0.396. The SMILES string of the molecule is CSCCC(NC(=O)N(C)CCN(C)C)C(=O)O. The molecule has 2 amide bonds. The molecular weight excluding hydrogens is 254 g/mol. The van der Waals surface area contributed by atoms with E-state index in [2.05, 4.69) is 5.32 Å². The van der Waals surface area contributed by atoms with Crippen LogP contribution in [0.2, 0.25) is 0 Å². The Bertz CT molecular complexity index is 274. The van der Waals surface area contributed by atoms with Gasteiger partial charge in [-0.3, -0.25) is 0 Å². The summed E-state index contributed by atoms with van der Waals surface area (Å²) in [5.41, 5.74) is 0. The van der Waals surface area contributed by atoms with Crippen LogP contribution in [0.5, 0.6) is 0 Å². The lowest BCUT2D eigenvalue weighted by Crippen LogP contribution is -2.48. The van der Waals surface area contributed by atoms with Gasteiger partial charge >= 0.3 is 12.0 Å². The first-order valence-electron chi connectivity index (χ1n) is 5.76. The smallest absolute Gasteiger partial charge is 0.326 e. The largest absolute Gasteiger partial charge is 0.480 e. The average Bonchev–Trinajstić information content (AvgIpc) is 2.30. The molecule has 2 N–H and O–H groups in total. The summed E-state index contributed by atoms with van der Waals surface area (Å²) in [6.07, 6.45) is 2.34. The molecule has 0 aromatic heterocycles. The summed E-state index contributed by atoms with van der Waals surface area (Å²) >= 11 is 1.56. The minimum absolute atomic E-state index is 0.342. The van der Waals surface area contributed by atoms with Gasteiger partial charge in [0.1, 0.15) is 6.04 Å². The number of likely N-dealkylation sites (N-methyl/N-ethyl adjacent to an activating group) is 2. The first-order chi connectivity index (χ1) is 8.38. The van der Waals surface area contributed by atoms with Crippen LogP contribution in [-0.2, 0) is 4.79 Å². The van der Waals surface area contributed by atoms with Gasteiger partial charge in [0.15, 0.2) is 0 Å². The molecule has 1 atom stereocenters. The number of carbonyl (C=O) groups excluding carboxylic acids is 1. The molecule has 0 radical (unpaired) electrons. The Balaban J connectivity index is 4.18. The maximum Gasteiger partial charge on any atom is 0.326 e. The Morgan fingerprint density at radius 3 is 2.33 bits per heavy atom. The molecule has 0 spiro atoms. The van der Waals surface area contributed by atoms with Gasteiger partial charge in [-0.15, -0.1) is 0 Å². The highest BCUT2D eigenvalue weighted by atomic mass is 32.2. The molecule has 0 aliphatic rings. The summed E-state index contributed by atoms with van der Waals surface area (Å²) in [5.74, 6) is -0.281. The van der Waals surface area contributed by atoms with Crippen LogP contribution in [-0.4, -0.2) is 79.2 Å². The lowest BCUT2D eigenvalue weighted by Gasteiger charge is -2.22.